The molecule has 0 bridgehead atoms. The van der Waals surface area contributed by atoms with Gasteiger partial charge in [-0.15, -0.1) is 0 Å². The molecule has 0 spiro atoms. The second kappa shape index (κ2) is 8.63. The number of piperazine rings is 1. The summed E-state index contributed by atoms with van der Waals surface area (Å²) in [6, 6.07) is 15.7. The number of hydrogen-bond donors (Lipinski definition) is 0. The fourth-order valence-corrected chi connectivity index (χ4v) is 3.66. The lowest BCUT2D eigenvalue weighted by Crippen LogP contribution is -2.46. The minimum absolute atomic E-state index is 0.564. The van der Waals surface area contributed by atoms with Crippen molar-refractivity contribution in [3.8, 4) is 17.1 Å². The van der Waals surface area contributed by atoms with Gasteiger partial charge in [0.15, 0.2) is 0 Å². The Balaban J connectivity index is 1.39. The number of aromatic nitrogens is 2. The molecule has 0 amide bonds. The van der Waals surface area contributed by atoms with Gasteiger partial charge in [-0.05, 0) is 31.2 Å². The number of hydrogen-bond acceptors (Lipinski definition) is 6. The van der Waals surface area contributed by atoms with Gasteiger partial charge in [-0.1, -0.05) is 41.0 Å². The minimum atomic E-state index is 0.564. The van der Waals surface area contributed by atoms with Crippen LogP contribution in [0.2, 0.25) is 5.02 Å². The molecule has 1 saturated heterocycles. The lowest BCUT2D eigenvalue weighted by atomic mass is 10.2. The molecule has 4 rings (SSSR count). The van der Waals surface area contributed by atoms with E-state index in [0.29, 0.717) is 24.9 Å². The van der Waals surface area contributed by atoms with Gasteiger partial charge in [-0.2, -0.15) is 4.98 Å². The van der Waals surface area contributed by atoms with Crippen molar-refractivity contribution in [2.45, 2.75) is 13.5 Å². The van der Waals surface area contributed by atoms with Gasteiger partial charge >= 0.3 is 0 Å². The molecular formula is C21H23ClN4O2. The zero-order valence-corrected chi connectivity index (χ0v) is 16.6. The van der Waals surface area contributed by atoms with Gasteiger partial charge in [0.2, 0.25) is 11.7 Å². The molecule has 1 aliphatic heterocycles. The Hall–Kier alpha value is -2.57. The van der Waals surface area contributed by atoms with E-state index in [4.69, 9.17) is 20.9 Å². The second-order valence-corrected chi connectivity index (χ2v) is 7.06. The number of nitrogens with zero attached hydrogens (tertiary/aromatic N) is 4. The largest absolute Gasteiger partial charge is 0.493 e. The molecule has 28 heavy (non-hydrogen) atoms. The van der Waals surface area contributed by atoms with Crippen molar-refractivity contribution in [2.75, 3.05) is 37.7 Å². The van der Waals surface area contributed by atoms with Gasteiger partial charge in [-0.25, -0.2) is 0 Å². The molecule has 146 valence electrons. The lowest BCUT2D eigenvalue weighted by Gasteiger charge is -2.35. The number of anilines is 1. The first-order valence-electron chi connectivity index (χ1n) is 9.51. The first kappa shape index (κ1) is 18.8. The Morgan fingerprint density at radius 2 is 1.79 bits per heavy atom. The van der Waals surface area contributed by atoms with E-state index < -0.39 is 0 Å². The van der Waals surface area contributed by atoms with Crippen molar-refractivity contribution in [2.24, 2.45) is 0 Å². The normalized spacial score (nSPS) is 15.0. The van der Waals surface area contributed by atoms with Crippen LogP contribution in [-0.2, 0) is 6.54 Å². The third-order valence-electron chi connectivity index (χ3n) is 4.82. The highest BCUT2D eigenvalue weighted by Gasteiger charge is 2.21. The molecule has 2 heterocycles. The Labute approximate surface area is 169 Å². The van der Waals surface area contributed by atoms with Crippen molar-refractivity contribution < 1.29 is 9.26 Å². The zero-order valence-electron chi connectivity index (χ0n) is 15.8. The summed E-state index contributed by atoms with van der Waals surface area (Å²) in [4.78, 5) is 9.21. The molecular weight excluding hydrogens is 376 g/mol. The number of para-hydroxylation sites is 2. The summed E-state index contributed by atoms with van der Waals surface area (Å²) in [7, 11) is 0. The van der Waals surface area contributed by atoms with Crippen molar-refractivity contribution in [3.63, 3.8) is 0 Å². The molecule has 1 fully saturated rings. The molecule has 0 radical (unpaired) electrons. The molecule has 0 aliphatic carbocycles. The summed E-state index contributed by atoms with van der Waals surface area (Å²) in [6.07, 6.45) is 0. The summed E-state index contributed by atoms with van der Waals surface area (Å²) in [5.74, 6) is 1.95. The second-order valence-electron chi connectivity index (χ2n) is 6.66. The van der Waals surface area contributed by atoms with Crippen molar-refractivity contribution in [1.29, 1.82) is 0 Å². The molecule has 6 nitrogen and oxygen atoms in total. The summed E-state index contributed by atoms with van der Waals surface area (Å²) in [5, 5.41) is 4.95. The number of ether oxygens (including phenoxy) is 1. The third-order valence-corrected chi connectivity index (χ3v) is 5.14. The van der Waals surface area contributed by atoms with Crippen LogP contribution >= 0.6 is 11.6 Å². The van der Waals surface area contributed by atoms with Crippen LogP contribution in [0.4, 0.5) is 5.69 Å². The van der Waals surface area contributed by atoms with Crippen LogP contribution in [0, 0.1) is 0 Å². The van der Waals surface area contributed by atoms with E-state index in [1.807, 2.05) is 49.4 Å². The highest BCUT2D eigenvalue weighted by atomic mass is 35.5. The highest BCUT2D eigenvalue weighted by Crippen LogP contribution is 2.28. The molecule has 1 aliphatic rings. The molecule has 0 unspecified atom stereocenters. The Bertz CT molecular complexity index is 922. The van der Waals surface area contributed by atoms with Crippen LogP contribution < -0.4 is 9.64 Å². The van der Waals surface area contributed by atoms with Crippen LogP contribution in [0.15, 0.2) is 53.1 Å². The number of rotatable bonds is 6. The van der Waals surface area contributed by atoms with Gasteiger partial charge in [0.1, 0.15) is 5.75 Å². The minimum Gasteiger partial charge on any atom is -0.493 e. The van der Waals surface area contributed by atoms with E-state index in [0.717, 1.165) is 48.2 Å². The maximum absolute atomic E-state index is 6.32. The Kier molecular flexibility index (Phi) is 5.78. The van der Waals surface area contributed by atoms with E-state index in [2.05, 4.69) is 26.0 Å². The predicted octanol–water partition coefficient (Wildman–Crippen LogP) is 4.11. The molecule has 0 N–H and O–H groups in total. The van der Waals surface area contributed by atoms with Crippen LogP contribution in [0.1, 0.15) is 12.8 Å². The number of benzene rings is 2. The Morgan fingerprint density at radius 3 is 2.57 bits per heavy atom. The topological polar surface area (TPSA) is 54.6 Å². The monoisotopic (exact) mass is 398 g/mol. The van der Waals surface area contributed by atoms with Gasteiger partial charge in [-0.3, -0.25) is 4.90 Å². The summed E-state index contributed by atoms with van der Waals surface area (Å²) < 4.78 is 11.2. The van der Waals surface area contributed by atoms with E-state index in [1.54, 1.807) is 0 Å². The maximum Gasteiger partial charge on any atom is 0.241 e. The average Bonchev–Trinajstić information content (AvgIpc) is 3.18. The van der Waals surface area contributed by atoms with Crippen molar-refractivity contribution in [3.05, 3.63) is 59.4 Å². The fraction of sp³-hybridized carbons (Fsp3) is 0.333. The van der Waals surface area contributed by atoms with Crippen LogP contribution in [0.3, 0.4) is 0 Å². The van der Waals surface area contributed by atoms with Crippen LogP contribution in [-0.4, -0.2) is 47.8 Å². The average molecular weight is 399 g/mol. The molecule has 2 aromatic carbocycles. The Morgan fingerprint density at radius 1 is 1.04 bits per heavy atom. The van der Waals surface area contributed by atoms with Crippen molar-refractivity contribution >= 4 is 17.3 Å². The molecule has 0 atom stereocenters. The SMILES string of the molecule is CCOc1ccccc1-c1noc(CN2CCN(c3ccccc3Cl)CC2)n1. The quantitative estimate of drug-likeness (QED) is 0.622. The van der Waals surface area contributed by atoms with Gasteiger partial charge in [0.25, 0.3) is 0 Å². The molecule has 1 aromatic heterocycles. The van der Waals surface area contributed by atoms with E-state index in [1.165, 1.54) is 0 Å². The van der Waals surface area contributed by atoms with Crippen LogP contribution in [0.25, 0.3) is 11.4 Å². The maximum atomic E-state index is 6.32. The summed E-state index contributed by atoms with van der Waals surface area (Å²) in [6.45, 7) is 6.85. The smallest absolute Gasteiger partial charge is 0.241 e. The third kappa shape index (κ3) is 4.13. The van der Waals surface area contributed by atoms with Crippen molar-refractivity contribution in [1.82, 2.24) is 15.0 Å². The van der Waals surface area contributed by atoms with Gasteiger partial charge in [0.05, 0.1) is 29.4 Å². The van der Waals surface area contributed by atoms with E-state index in [9.17, 15) is 0 Å². The molecule has 3 aromatic rings. The zero-order chi connectivity index (χ0) is 19.3. The molecule has 0 saturated carbocycles. The van der Waals surface area contributed by atoms with E-state index >= 15 is 0 Å². The fourth-order valence-electron chi connectivity index (χ4n) is 3.41. The standard InChI is InChI=1S/C21H23ClN4O2/c1-2-27-19-10-6-3-7-16(19)21-23-20(28-24-21)15-25-11-13-26(14-12-25)18-9-5-4-8-17(18)22/h3-10H,2,11-15H2,1H3. The number of halogens is 1. The lowest BCUT2D eigenvalue weighted by molar-refractivity contribution is 0.215. The first-order chi connectivity index (χ1) is 13.7. The summed E-state index contributed by atoms with van der Waals surface area (Å²) in [5.41, 5.74) is 1.94. The van der Waals surface area contributed by atoms with Gasteiger partial charge < -0.3 is 14.2 Å². The highest BCUT2D eigenvalue weighted by molar-refractivity contribution is 6.33. The van der Waals surface area contributed by atoms with Crippen LogP contribution in [0.5, 0.6) is 5.75 Å². The molecule has 7 heteroatoms. The predicted molar refractivity (Wildman–Crippen MR) is 110 cm³/mol. The van der Waals surface area contributed by atoms with Gasteiger partial charge in [0, 0.05) is 26.2 Å². The first-order valence-corrected chi connectivity index (χ1v) is 9.89. The van der Waals surface area contributed by atoms with E-state index in [-0.39, 0.29) is 0 Å². The summed E-state index contributed by atoms with van der Waals surface area (Å²) >= 11 is 6.32.